The minimum absolute atomic E-state index is 0.0717. The quantitative estimate of drug-likeness (QED) is 0.664. The maximum absolute atomic E-state index is 13.3. The largest absolute Gasteiger partial charge is 0.397 e. The predicted octanol–water partition coefficient (Wildman–Crippen LogP) is 1.92. The van der Waals surface area contributed by atoms with Gasteiger partial charge in [-0.05, 0) is 38.7 Å². The molecular formula is C22H28N8O. The number of anilines is 2. The van der Waals surface area contributed by atoms with Crippen molar-refractivity contribution in [2.24, 2.45) is 5.73 Å². The van der Waals surface area contributed by atoms with Gasteiger partial charge in [0.1, 0.15) is 5.82 Å². The molecule has 1 amide bonds. The first-order valence-corrected chi connectivity index (χ1v) is 10.9. The van der Waals surface area contributed by atoms with Crippen LogP contribution in [0.5, 0.6) is 0 Å². The van der Waals surface area contributed by atoms with Gasteiger partial charge in [-0.1, -0.05) is 0 Å². The van der Waals surface area contributed by atoms with Gasteiger partial charge in [-0.3, -0.25) is 9.78 Å². The summed E-state index contributed by atoms with van der Waals surface area (Å²) in [5.74, 6) is 0.894. The van der Waals surface area contributed by atoms with E-state index in [9.17, 15) is 4.79 Å². The van der Waals surface area contributed by atoms with Crippen molar-refractivity contribution in [2.45, 2.75) is 44.7 Å². The van der Waals surface area contributed by atoms with Gasteiger partial charge in [0, 0.05) is 49.7 Å². The van der Waals surface area contributed by atoms with Crippen molar-refractivity contribution >= 4 is 23.1 Å². The lowest BCUT2D eigenvalue weighted by Gasteiger charge is -2.35. The molecule has 5 rings (SSSR count). The molecule has 0 aromatic carbocycles. The highest BCUT2D eigenvalue weighted by Crippen LogP contribution is 2.33. The second-order valence-electron chi connectivity index (χ2n) is 8.59. The summed E-state index contributed by atoms with van der Waals surface area (Å²) in [6.45, 7) is 4.48. The molecule has 2 aliphatic heterocycles. The van der Waals surface area contributed by atoms with Gasteiger partial charge in [-0.15, -0.1) is 0 Å². The van der Waals surface area contributed by atoms with Crippen LogP contribution in [0.3, 0.4) is 0 Å². The summed E-state index contributed by atoms with van der Waals surface area (Å²) in [5, 5.41) is 4.80. The Balaban J connectivity index is 1.48. The van der Waals surface area contributed by atoms with Crippen molar-refractivity contribution in [2.75, 3.05) is 30.3 Å². The molecule has 2 saturated heterocycles. The van der Waals surface area contributed by atoms with Crippen LogP contribution in [0.2, 0.25) is 0 Å². The number of amides is 1. The molecule has 3 aromatic rings. The van der Waals surface area contributed by atoms with E-state index in [0.29, 0.717) is 17.8 Å². The van der Waals surface area contributed by atoms with E-state index >= 15 is 0 Å². The van der Waals surface area contributed by atoms with E-state index in [2.05, 4.69) is 16.8 Å². The average molecular weight is 421 g/mol. The van der Waals surface area contributed by atoms with Gasteiger partial charge in [0.05, 0.1) is 29.2 Å². The molecule has 2 atom stereocenters. The maximum atomic E-state index is 13.3. The number of carbonyl (C=O) groups is 1. The van der Waals surface area contributed by atoms with Crippen molar-refractivity contribution in [3.63, 3.8) is 0 Å². The topological polar surface area (TPSA) is 119 Å². The Hall–Kier alpha value is -3.20. The monoisotopic (exact) mass is 420 g/mol. The summed E-state index contributed by atoms with van der Waals surface area (Å²) in [6.07, 6.45) is 9.01. The van der Waals surface area contributed by atoms with E-state index in [1.54, 1.807) is 12.3 Å². The highest BCUT2D eigenvalue weighted by atomic mass is 16.2. The van der Waals surface area contributed by atoms with Crippen molar-refractivity contribution < 1.29 is 4.79 Å². The number of nitrogens with zero attached hydrogens (tertiary/aromatic N) is 6. The van der Waals surface area contributed by atoms with Crippen LogP contribution in [-0.4, -0.2) is 56.1 Å². The molecule has 0 saturated carbocycles. The summed E-state index contributed by atoms with van der Waals surface area (Å²) >= 11 is 0. The first-order valence-electron chi connectivity index (χ1n) is 10.9. The summed E-state index contributed by atoms with van der Waals surface area (Å²) in [5.41, 5.74) is 15.7. The Bertz CT molecular complexity index is 1130. The zero-order valence-electron chi connectivity index (χ0n) is 17.7. The molecular weight excluding hydrogens is 392 g/mol. The molecule has 0 bridgehead atoms. The number of aryl methyl sites for hydroxylation is 1. The van der Waals surface area contributed by atoms with Crippen molar-refractivity contribution in [3.8, 4) is 0 Å². The molecule has 5 heterocycles. The number of rotatable bonds is 3. The van der Waals surface area contributed by atoms with Crippen LogP contribution >= 0.6 is 0 Å². The Labute approximate surface area is 181 Å². The lowest BCUT2D eigenvalue weighted by Crippen LogP contribution is -2.39. The summed E-state index contributed by atoms with van der Waals surface area (Å²) in [7, 11) is 0. The second-order valence-corrected chi connectivity index (χ2v) is 8.59. The zero-order valence-corrected chi connectivity index (χ0v) is 17.7. The minimum Gasteiger partial charge on any atom is -0.397 e. The van der Waals surface area contributed by atoms with Crippen molar-refractivity contribution in [3.05, 3.63) is 47.5 Å². The Kier molecular flexibility index (Phi) is 4.97. The number of fused-ring (bicyclic) bond motifs is 1. The molecule has 4 N–H and O–H groups in total. The van der Waals surface area contributed by atoms with Crippen LogP contribution in [-0.2, 0) is 0 Å². The van der Waals surface area contributed by atoms with Gasteiger partial charge in [-0.25, -0.2) is 9.50 Å². The molecule has 0 unspecified atom stereocenters. The number of carbonyl (C=O) groups excluding carboxylic acids is 1. The number of likely N-dealkylation sites (tertiary alicyclic amines) is 1. The van der Waals surface area contributed by atoms with E-state index in [-0.39, 0.29) is 18.0 Å². The summed E-state index contributed by atoms with van der Waals surface area (Å²) < 4.78 is 1.82. The van der Waals surface area contributed by atoms with Crippen molar-refractivity contribution in [1.29, 1.82) is 0 Å². The molecule has 2 fully saturated rings. The number of nitrogen functional groups attached to an aromatic ring is 1. The molecule has 31 heavy (non-hydrogen) atoms. The number of aromatic nitrogens is 4. The smallest absolute Gasteiger partial charge is 0.256 e. The fourth-order valence-electron chi connectivity index (χ4n) is 4.72. The highest BCUT2D eigenvalue weighted by molar-refractivity contribution is 5.99. The number of nitrogens with two attached hydrogens (primary N) is 2. The first kappa shape index (κ1) is 19.7. The van der Waals surface area contributed by atoms with Gasteiger partial charge in [0.15, 0.2) is 5.65 Å². The molecule has 9 nitrogen and oxygen atoms in total. The van der Waals surface area contributed by atoms with Gasteiger partial charge in [0.2, 0.25) is 0 Å². The minimum atomic E-state index is -0.0977. The molecule has 3 aromatic heterocycles. The normalized spacial score (nSPS) is 21.7. The SMILES string of the molecule is Cc1cn2nc([C@@H]3CCCCN3C(=O)c3ccncc3N)cc2nc1N1CC[C@H](N)C1. The van der Waals surface area contributed by atoms with Crippen LogP contribution in [0.15, 0.2) is 30.7 Å². The van der Waals surface area contributed by atoms with Crippen LogP contribution in [0, 0.1) is 6.92 Å². The van der Waals surface area contributed by atoms with Crippen LogP contribution in [0.1, 0.15) is 53.3 Å². The highest BCUT2D eigenvalue weighted by Gasteiger charge is 2.32. The van der Waals surface area contributed by atoms with Gasteiger partial charge >= 0.3 is 0 Å². The fraction of sp³-hybridized carbons (Fsp3) is 0.455. The van der Waals surface area contributed by atoms with Crippen molar-refractivity contribution in [1.82, 2.24) is 24.5 Å². The van der Waals surface area contributed by atoms with E-state index in [4.69, 9.17) is 21.5 Å². The molecule has 2 aliphatic rings. The number of pyridine rings is 1. The van der Waals surface area contributed by atoms with Crippen LogP contribution in [0.25, 0.3) is 5.65 Å². The standard InChI is InChI=1S/C22H28N8O/c1-14-12-30-20(26-21(14)28-9-6-15(23)13-28)10-18(27-30)19-4-2-3-8-29(19)22(31)16-5-7-25-11-17(16)24/h5,7,10-12,15,19H,2-4,6,8-9,13,23-24H2,1H3/t15-,19-/m0/s1. The van der Waals surface area contributed by atoms with E-state index in [1.165, 1.54) is 6.20 Å². The van der Waals surface area contributed by atoms with Crippen LogP contribution < -0.4 is 16.4 Å². The lowest BCUT2D eigenvalue weighted by molar-refractivity contribution is 0.0606. The third-order valence-corrected chi connectivity index (χ3v) is 6.34. The van der Waals surface area contributed by atoms with Gasteiger partial charge < -0.3 is 21.3 Å². The molecule has 9 heteroatoms. The molecule has 0 aliphatic carbocycles. The van der Waals surface area contributed by atoms with E-state index in [0.717, 1.165) is 61.5 Å². The van der Waals surface area contributed by atoms with E-state index in [1.807, 2.05) is 21.7 Å². The first-order chi connectivity index (χ1) is 15.0. The molecule has 0 spiro atoms. The lowest BCUT2D eigenvalue weighted by atomic mass is 9.98. The average Bonchev–Trinajstić information content (AvgIpc) is 3.38. The third-order valence-electron chi connectivity index (χ3n) is 6.34. The van der Waals surface area contributed by atoms with Crippen LogP contribution in [0.4, 0.5) is 11.5 Å². The molecule has 162 valence electrons. The predicted molar refractivity (Wildman–Crippen MR) is 119 cm³/mol. The molecule has 0 radical (unpaired) electrons. The number of piperidine rings is 1. The van der Waals surface area contributed by atoms with Gasteiger partial charge in [-0.2, -0.15) is 5.10 Å². The van der Waals surface area contributed by atoms with E-state index < -0.39 is 0 Å². The second kappa shape index (κ2) is 7.81. The maximum Gasteiger partial charge on any atom is 0.256 e. The van der Waals surface area contributed by atoms with Gasteiger partial charge in [0.25, 0.3) is 5.91 Å². The summed E-state index contributed by atoms with van der Waals surface area (Å²) in [6, 6.07) is 3.79. The third kappa shape index (κ3) is 3.59. The Morgan fingerprint density at radius 1 is 1.23 bits per heavy atom. The zero-order chi connectivity index (χ0) is 21.5. The Morgan fingerprint density at radius 3 is 2.87 bits per heavy atom. The number of hydrogen-bond donors (Lipinski definition) is 2. The fourth-order valence-corrected chi connectivity index (χ4v) is 4.72. The summed E-state index contributed by atoms with van der Waals surface area (Å²) in [4.78, 5) is 26.3. The Morgan fingerprint density at radius 2 is 2.10 bits per heavy atom. The number of hydrogen-bond acceptors (Lipinski definition) is 7.